The Morgan fingerprint density at radius 3 is 2.81 bits per heavy atom. The topological polar surface area (TPSA) is 52.6 Å². The first-order valence-electron chi connectivity index (χ1n) is 7.25. The minimum Gasteiger partial charge on any atom is -0.465 e. The highest BCUT2D eigenvalue weighted by atomic mass is 16.6. The highest BCUT2D eigenvalue weighted by Crippen LogP contribution is 2.35. The van der Waals surface area contributed by atoms with Crippen LogP contribution in [0.15, 0.2) is 36.4 Å². The molecule has 1 aromatic carbocycles. The van der Waals surface area contributed by atoms with Gasteiger partial charge in [-0.05, 0) is 31.7 Å². The van der Waals surface area contributed by atoms with Crippen LogP contribution in [0.4, 0.5) is 0 Å². The second-order valence-electron chi connectivity index (χ2n) is 5.06. The maximum atomic E-state index is 12.2. The molecule has 1 aliphatic heterocycles. The van der Waals surface area contributed by atoms with E-state index < -0.39 is 17.4 Å². The van der Waals surface area contributed by atoms with Crippen molar-refractivity contribution in [2.24, 2.45) is 5.41 Å². The van der Waals surface area contributed by atoms with Crippen LogP contribution >= 0.6 is 0 Å². The van der Waals surface area contributed by atoms with Gasteiger partial charge in [0.25, 0.3) is 0 Å². The van der Waals surface area contributed by atoms with Crippen molar-refractivity contribution in [3.8, 4) is 0 Å². The Kier molecular flexibility index (Phi) is 5.14. The fourth-order valence-corrected chi connectivity index (χ4v) is 2.46. The zero-order valence-corrected chi connectivity index (χ0v) is 12.2. The summed E-state index contributed by atoms with van der Waals surface area (Å²) in [6.07, 6.45) is 5.22. The molecule has 0 aliphatic carbocycles. The molecule has 1 aromatic rings. The van der Waals surface area contributed by atoms with Crippen LogP contribution in [-0.4, -0.2) is 25.2 Å². The lowest BCUT2D eigenvalue weighted by Crippen LogP contribution is -2.44. The van der Waals surface area contributed by atoms with E-state index in [0.717, 1.165) is 5.56 Å². The molecule has 0 saturated carbocycles. The van der Waals surface area contributed by atoms with Gasteiger partial charge in [-0.15, -0.1) is 0 Å². The number of ether oxygens (including phenoxy) is 2. The van der Waals surface area contributed by atoms with Crippen LogP contribution in [0.25, 0.3) is 6.08 Å². The van der Waals surface area contributed by atoms with Gasteiger partial charge >= 0.3 is 11.9 Å². The maximum Gasteiger partial charge on any atom is 0.323 e. The summed E-state index contributed by atoms with van der Waals surface area (Å²) in [7, 11) is 0. The van der Waals surface area contributed by atoms with Crippen molar-refractivity contribution in [2.45, 2.75) is 26.2 Å². The minimum atomic E-state index is -1.18. The summed E-state index contributed by atoms with van der Waals surface area (Å²) in [6, 6.07) is 9.75. The fraction of sp³-hybridized carbons (Fsp3) is 0.412. The number of rotatable bonds is 5. The molecule has 1 atom stereocenters. The molecule has 1 aliphatic rings. The van der Waals surface area contributed by atoms with E-state index in [2.05, 4.69) is 0 Å². The van der Waals surface area contributed by atoms with Gasteiger partial charge in [-0.2, -0.15) is 0 Å². The summed E-state index contributed by atoms with van der Waals surface area (Å²) in [6.45, 7) is 2.37. The van der Waals surface area contributed by atoms with Gasteiger partial charge in [-0.3, -0.25) is 9.59 Å². The minimum absolute atomic E-state index is 0.260. The lowest BCUT2D eigenvalue weighted by Gasteiger charge is -2.31. The molecule has 2 rings (SSSR count). The average Bonchev–Trinajstić information content (AvgIpc) is 2.50. The predicted molar refractivity (Wildman–Crippen MR) is 79.4 cm³/mol. The van der Waals surface area contributed by atoms with Crippen LogP contribution < -0.4 is 0 Å². The van der Waals surface area contributed by atoms with E-state index in [0.29, 0.717) is 25.9 Å². The summed E-state index contributed by atoms with van der Waals surface area (Å²) in [4.78, 5) is 24.3. The summed E-state index contributed by atoms with van der Waals surface area (Å²) in [5.41, 5.74) is -0.153. The number of benzene rings is 1. The largest absolute Gasteiger partial charge is 0.465 e. The Labute approximate surface area is 124 Å². The molecule has 112 valence electrons. The third-order valence-corrected chi connectivity index (χ3v) is 3.61. The van der Waals surface area contributed by atoms with Gasteiger partial charge in [0, 0.05) is 0 Å². The lowest BCUT2D eigenvalue weighted by molar-refractivity contribution is -0.177. The normalized spacial score (nSPS) is 22.0. The molecule has 21 heavy (non-hydrogen) atoms. The number of hydrogen-bond acceptors (Lipinski definition) is 4. The third-order valence-electron chi connectivity index (χ3n) is 3.61. The Balaban J connectivity index is 2.14. The van der Waals surface area contributed by atoms with E-state index in [4.69, 9.17) is 9.47 Å². The van der Waals surface area contributed by atoms with E-state index in [9.17, 15) is 9.59 Å². The fourth-order valence-electron chi connectivity index (χ4n) is 2.46. The smallest absolute Gasteiger partial charge is 0.323 e. The average molecular weight is 288 g/mol. The van der Waals surface area contributed by atoms with Gasteiger partial charge in [-0.25, -0.2) is 0 Å². The van der Waals surface area contributed by atoms with Crippen molar-refractivity contribution in [2.75, 3.05) is 13.2 Å². The summed E-state index contributed by atoms with van der Waals surface area (Å²) in [5.74, 6) is -0.947. The summed E-state index contributed by atoms with van der Waals surface area (Å²) < 4.78 is 10.2. The predicted octanol–water partition coefficient (Wildman–Crippen LogP) is 2.98. The van der Waals surface area contributed by atoms with Gasteiger partial charge in [0.05, 0.1) is 13.2 Å². The molecule has 0 amide bonds. The second kappa shape index (κ2) is 7.07. The second-order valence-corrected chi connectivity index (χ2v) is 5.06. The van der Waals surface area contributed by atoms with E-state index in [1.54, 1.807) is 6.92 Å². The van der Waals surface area contributed by atoms with Crippen molar-refractivity contribution < 1.29 is 19.1 Å². The molecule has 0 aromatic heterocycles. The highest BCUT2D eigenvalue weighted by Gasteiger charge is 2.49. The first-order valence-corrected chi connectivity index (χ1v) is 7.25. The summed E-state index contributed by atoms with van der Waals surface area (Å²) >= 11 is 0. The van der Waals surface area contributed by atoms with Crippen LogP contribution in [0.2, 0.25) is 0 Å². The molecule has 0 radical (unpaired) electrons. The number of esters is 2. The molecule has 0 N–H and O–H groups in total. The Bertz CT molecular complexity index is 521. The Morgan fingerprint density at radius 1 is 1.38 bits per heavy atom. The molecule has 4 heteroatoms. The number of hydrogen-bond donors (Lipinski definition) is 0. The zero-order chi connectivity index (χ0) is 15.1. The van der Waals surface area contributed by atoms with Crippen LogP contribution in [0.5, 0.6) is 0 Å². The molecule has 1 heterocycles. The first kappa shape index (κ1) is 15.3. The van der Waals surface area contributed by atoms with Gasteiger partial charge in [0.15, 0.2) is 5.41 Å². The molecule has 0 bridgehead atoms. The van der Waals surface area contributed by atoms with E-state index in [1.165, 1.54) is 0 Å². The Morgan fingerprint density at radius 2 is 2.14 bits per heavy atom. The molecular weight excluding hydrogens is 268 g/mol. The van der Waals surface area contributed by atoms with Crippen molar-refractivity contribution in [3.05, 3.63) is 42.0 Å². The highest BCUT2D eigenvalue weighted by molar-refractivity contribution is 6.00. The maximum absolute atomic E-state index is 12.2. The molecular formula is C17H20O4. The third kappa shape index (κ3) is 3.51. The van der Waals surface area contributed by atoms with Crippen molar-refractivity contribution in [1.82, 2.24) is 0 Å². The lowest BCUT2D eigenvalue weighted by atomic mass is 9.78. The summed E-state index contributed by atoms with van der Waals surface area (Å²) in [5, 5.41) is 0. The van der Waals surface area contributed by atoms with Crippen molar-refractivity contribution >= 4 is 18.0 Å². The van der Waals surface area contributed by atoms with Gasteiger partial charge in [0.2, 0.25) is 0 Å². The number of cyclic esters (lactones) is 1. The molecule has 0 spiro atoms. The number of allylic oxidation sites excluding steroid dienone is 1. The van der Waals surface area contributed by atoms with Crippen LogP contribution in [-0.2, 0) is 19.1 Å². The SMILES string of the molecule is CCOC(=O)[C@]1(C/C=C/c2ccccc2)CCCOC1=O. The number of carbonyl (C=O) groups excluding carboxylic acids is 2. The molecule has 4 nitrogen and oxygen atoms in total. The van der Waals surface area contributed by atoms with E-state index >= 15 is 0 Å². The van der Waals surface area contributed by atoms with Crippen molar-refractivity contribution in [1.29, 1.82) is 0 Å². The zero-order valence-electron chi connectivity index (χ0n) is 12.2. The van der Waals surface area contributed by atoms with Crippen molar-refractivity contribution in [3.63, 3.8) is 0 Å². The molecule has 1 fully saturated rings. The molecule has 0 unspecified atom stereocenters. The van der Waals surface area contributed by atoms with Crippen LogP contribution in [0.3, 0.4) is 0 Å². The van der Waals surface area contributed by atoms with E-state index in [-0.39, 0.29) is 6.61 Å². The Hall–Kier alpha value is -2.10. The van der Waals surface area contributed by atoms with E-state index in [1.807, 2.05) is 42.5 Å². The van der Waals surface area contributed by atoms with Gasteiger partial charge in [0.1, 0.15) is 0 Å². The first-order chi connectivity index (χ1) is 10.2. The molecule has 1 saturated heterocycles. The van der Waals surface area contributed by atoms with Gasteiger partial charge < -0.3 is 9.47 Å². The van der Waals surface area contributed by atoms with Gasteiger partial charge in [-0.1, -0.05) is 42.5 Å². The standard InChI is InChI=1S/C17H20O4/c1-2-20-15(18)17(12-7-13-21-16(17)19)11-6-10-14-8-4-3-5-9-14/h3-6,8-10H,2,7,11-13H2,1H3/b10-6+/t17-/m0/s1. The monoisotopic (exact) mass is 288 g/mol. The quantitative estimate of drug-likeness (QED) is 0.617. The van der Waals surface area contributed by atoms with Crippen LogP contribution in [0, 0.1) is 5.41 Å². The van der Waals surface area contributed by atoms with Crippen LogP contribution in [0.1, 0.15) is 31.7 Å². The number of carbonyl (C=O) groups is 2.